The van der Waals surface area contributed by atoms with Gasteiger partial charge in [-0.25, -0.2) is 0 Å². The van der Waals surface area contributed by atoms with Gasteiger partial charge < -0.3 is 0 Å². The number of esters is 1. The molecule has 0 bridgehead atoms. The normalized spacial score (nSPS) is 11.6. The third kappa shape index (κ3) is 5.85. The third-order valence-electron chi connectivity index (χ3n) is 2.34. The molecule has 1 rings (SSSR count). The van der Waals surface area contributed by atoms with E-state index < -0.39 is 0 Å². The molecular weight excluding hydrogens is 291 g/mol. The van der Waals surface area contributed by atoms with Crippen LogP contribution in [-0.4, -0.2) is 27.0 Å². The first-order valence-electron chi connectivity index (χ1n) is 5.89. The van der Waals surface area contributed by atoms with E-state index in [2.05, 4.69) is 37.4 Å². The molecule has 18 heavy (non-hydrogen) atoms. The SMILES string of the molecule is C=CC(=O)OC(C=C)CCC[Se]c1ccccc1. The number of carbonyl (C=O) groups excluding carboxylic acids is 1. The van der Waals surface area contributed by atoms with E-state index in [9.17, 15) is 4.79 Å². The molecule has 2 nitrogen and oxygen atoms in total. The minimum atomic E-state index is -0.381. The van der Waals surface area contributed by atoms with Crippen molar-refractivity contribution >= 4 is 25.4 Å². The molecule has 0 fully saturated rings. The summed E-state index contributed by atoms with van der Waals surface area (Å²) in [4.78, 5) is 11.1. The standard InChI is InChI=1S/C15H18O2Se/c1-3-13(17-15(16)4-2)9-8-12-18-14-10-6-5-7-11-14/h3-7,10-11,13H,1-2,8-9,12H2. The topological polar surface area (TPSA) is 26.3 Å². The molecule has 1 atom stereocenters. The van der Waals surface area contributed by atoms with E-state index in [4.69, 9.17) is 4.74 Å². The molecule has 0 heterocycles. The summed E-state index contributed by atoms with van der Waals surface area (Å²) in [5.41, 5.74) is 0. The molecule has 0 saturated carbocycles. The van der Waals surface area contributed by atoms with Crippen LogP contribution in [0.15, 0.2) is 55.6 Å². The van der Waals surface area contributed by atoms with Crippen LogP contribution in [0.2, 0.25) is 5.32 Å². The number of hydrogen-bond acceptors (Lipinski definition) is 2. The Labute approximate surface area is 115 Å². The van der Waals surface area contributed by atoms with E-state index in [1.165, 1.54) is 10.5 Å². The Hall–Kier alpha value is -1.31. The van der Waals surface area contributed by atoms with Gasteiger partial charge in [0.2, 0.25) is 0 Å². The fourth-order valence-electron chi connectivity index (χ4n) is 1.41. The second kappa shape index (κ2) is 8.73. The summed E-state index contributed by atoms with van der Waals surface area (Å²) in [6.45, 7) is 7.06. The van der Waals surface area contributed by atoms with Gasteiger partial charge in [-0.3, -0.25) is 0 Å². The first kappa shape index (κ1) is 14.7. The van der Waals surface area contributed by atoms with Gasteiger partial charge in [-0.2, -0.15) is 0 Å². The maximum absolute atomic E-state index is 11.1. The van der Waals surface area contributed by atoms with Crippen molar-refractivity contribution in [3.8, 4) is 0 Å². The Morgan fingerprint density at radius 1 is 1.33 bits per heavy atom. The molecule has 0 amide bonds. The second-order valence-electron chi connectivity index (χ2n) is 3.72. The van der Waals surface area contributed by atoms with Gasteiger partial charge >= 0.3 is 115 Å². The zero-order chi connectivity index (χ0) is 13.2. The van der Waals surface area contributed by atoms with Crippen molar-refractivity contribution in [1.29, 1.82) is 0 Å². The van der Waals surface area contributed by atoms with E-state index in [1.807, 2.05) is 6.07 Å². The average Bonchev–Trinajstić information content (AvgIpc) is 2.43. The molecule has 0 radical (unpaired) electrons. The molecule has 1 aromatic rings. The fraction of sp³-hybridized carbons (Fsp3) is 0.267. The van der Waals surface area contributed by atoms with E-state index in [1.54, 1.807) is 6.08 Å². The number of ether oxygens (including phenoxy) is 1. The van der Waals surface area contributed by atoms with E-state index in [0.29, 0.717) is 15.0 Å². The Bertz CT molecular complexity index is 387. The van der Waals surface area contributed by atoms with Gasteiger partial charge in [-0.1, -0.05) is 0 Å². The summed E-state index contributed by atoms with van der Waals surface area (Å²) in [5.74, 6) is -0.381. The van der Waals surface area contributed by atoms with Crippen molar-refractivity contribution < 1.29 is 9.53 Å². The van der Waals surface area contributed by atoms with Gasteiger partial charge in [0.15, 0.2) is 0 Å². The zero-order valence-corrected chi connectivity index (χ0v) is 12.1. The van der Waals surface area contributed by atoms with Crippen LogP contribution in [0.3, 0.4) is 0 Å². The molecule has 1 unspecified atom stereocenters. The van der Waals surface area contributed by atoms with Crippen LogP contribution < -0.4 is 4.46 Å². The predicted molar refractivity (Wildman–Crippen MR) is 76.1 cm³/mol. The van der Waals surface area contributed by atoms with Gasteiger partial charge in [-0.05, 0) is 0 Å². The quantitative estimate of drug-likeness (QED) is 0.242. The minimum absolute atomic E-state index is 0.193. The van der Waals surface area contributed by atoms with Crippen molar-refractivity contribution in [1.82, 2.24) is 0 Å². The van der Waals surface area contributed by atoms with Crippen molar-refractivity contribution in [2.24, 2.45) is 0 Å². The van der Waals surface area contributed by atoms with Crippen LogP contribution in [0.25, 0.3) is 0 Å². The maximum atomic E-state index is 11.1. The summed E-state index contributed by atoms with van der Waals surface area (Å²) in [5, 5.41) is 1.15. The fourth-order valence-corrected chi connectivity index (χ4v) is 3.29. The van der Waals surface area contributed by atoms with Crippen LogP contribution >= 0.6 is 0 Å². The summed E-state index contributed by atoms with van der Waals surface area (Å²) < 4.78 is 6.54. The number of carbonyl (C=O) groups is 1. The van der Waals surface area contributed by atoms with Crippen molar-refractivity contribution in [3.63, 3.8) is 0 Å². The number of rotatable bonds is 8. The number of benzene rings is 1. The van der Waals surface area contributed by atoms with Gasteiger partial charge in [0.1, 0.15) is 0 Å². The number of hydrogen-bond donors (Lipinski definition) is 0. The van der Waals surface area contributed by atoms with Crippen molar-refractivity contribution in [2.75, 3.05) is 0 Å². The molecule has 0 aliphatic carbocycles. The first-order valence-corrected chi connectivity index (χ1v) is 7.96. The summed E-state index contributed by atoms with van der Waals surface area (Å²) in [6.07, 6.45) is 4.54. The molecule has 96 valence electrons. The Morgan fingerprint density at radius 3 is 2.67 bits per heavy atom. The molecule has 0 saturated heterocycles. The molecule has 1 aromatic carbocycles. The molecule has 0 aliphatic rings. The Balaban J connectivity index is 2.21. The Kier molecular flexibility index (Phi) is 7.16. The van der Waals surface area contributed by atoms with Gasteiger partial charge in [0.05, 0.1) is 0 Å². The molecule has 0 spiro atoms. The molecule has 0 N–H and O–H groups in total. The van der Waals surface area contributed by atoms with E-state index in [-0.39, 0.29) is 12.1 Å². The molecule has 0 aromatic heterocycles. The second-order valence-corrected chi connectivity index (χ2v) is 6.17. The van der Waals surface area contributed by atoms with Crippen LogP contribution in [0.5, 0.6) is 0 Å². The van der Waals surface area contributed by atoms with Crippen LogP contribution in [0, 0.1) is 0 Å². The van der Waals surface area contributed by atoms with E-state index >= 15 is 0 Å². The Morgan fingerprint density at radius 2 is 2.06 bits per heavy atom. The first-order chi connectivity index (χ1) is 8.76. The van der Waals surface area contributed by atoms with Gasteiger partial charge in [0, 0.05) is 0 Å². The van der Waals surface area contributed by atoms with Crippen LogP contribution in [0.4, 0.5) is 0 Å². The summed E-state index contributed by atoms with van der Waals surface area (Å²) >= 11 is 0.495. The predicted octanol–water partition coefficient (Wildman–Crippen LogP) is 2.50. The van der Waals surface area contributed by atoms with Crippen molar-refractivity contribution in [2.45, 2.75) is 24.3 Å². The summed E-state index contributed by atoms with van der Waals surface area (Å²) in [7, 11) is 0. The molecule has 3 heteroatoms. The van der Waals surface area contributed by atoms with Crippen LogP contribution in [0.1, 0.15) is 12.8 Å². The molecule has 0 aliphatic heterocycles. The van der Waals surface area contributed by atoms with Crippen LogP contribution in [-0.2, 0) is 9.53 Å². The third-order valence-corrected chi connectivity index (χ3v) is 4.65. The average molecular weight is 309 g/mol. The molecular formula is C15H18O2Se. The van der Waals surface area contributed by atoms with Crippen molar-refractivity contribution in [3.05, 3.63) is 55.6 Å². The monoisotopic (exact) mass is 310 g/mol. The summed E-state index contributed by atoms with van der Waals surface area (Å²) in [6, 6.07) is 10.5. The zero-order valence-electron chi connectivity index (χ0n) is 10.4. The van der Waals surface area contributed by atoms with Gasteiger partial charge in [0.25, 0.3) is 0 Å². The van der Waals surface area contributed by atoms with Gasteiger partial charge in [-0.15, -0.1) is 0 Å². The van der Waals surface area contributed by atoms with E-state index in [0.717, 1.165) is 18.2 Å².